The minimum Gasteiger partial charge on any atom is -0.309 e. The molecule has 1 aliphatic rings. The summed E-state index contributed by atoms with van der Waals surface area (Å²) in [5, 5.41) is 7.44. The fourth-order valence-corrected chi connectivity index (χ4v) is 2.92. The number of rotatable bonds is 2. The van der Waals surface area contributed by atoms with Gasteiger partial charge in [0, 0.05) is 12.6 Å². The second-order valence-corrected chi connectivity index (χ2v) is 6.27. The number of nitrogens with two attached hydrogens (primary N) is 1. The van der Waals surface area contributed by atoms with Crippen molar-refractivity contribution in [2.75, 3.05) is 6.54 Å². The van der Waals surface area contributed by atoms with Gasteiger partial charge in [0.2, 0.25) is 10.0 Å². The number of piperidine rings is 1. The molecule has 7 heteroatoms. The maximum atomic E-state index is 13.1. The number of hydrogen-bond donors (Lipinski definition) is 2. The molecule has 0 aromatic heterocycles. The molecule has 0 amide bonds. The molecule has 1 aromatic carbocycles. The summed E-state index contributed by atoms with van der Waals surface area (Å²) in [6.07, 6.45) is 0.932. The third-order valence-corrected chi connectivity index (χ3v) is 4.51. The molecule has 3 N–H and O–H groups in total. The predicted octanol–water partition coefficient (Wildman–Crippen LogP) is 1.05. The molecule has 18 heavy (non-hydrogen) atoms. The Kier molecular flexibility index (Phi) is 3.65. The zero-order chi connectivity index (χ0) is 13.3. The minimum atomic E-state index is -3.54. The van der Waals surface area contributed by atoms with E-state index >= 15 is 0 Å². The average molecular weight is 276 g/mol. The highest BCUT2D eigenvalue weighted by Gasteiger charge is 2.28. The van der Waals surface area contributed by atoms with E-state index in [1.807, 2.05) is 0 Å². The molecule has 4 nitrogen and oxygen atoms in total. The highest BCUT2D eigenvalue weighted by atomic mass is 32.2. The molecule has 1 aromatic rings. The molecule has 0 radical (unpaired) electrons. The Hall–Kier alpha value is -1.05. The number of benzene rings is 1. The van der Waals surface area contributed by atoms with E-state index in [4.69, 9.17) is 5.14 Å². The molecule has 1 saturated heterocycles. The fraction of sp³-hybridized carbons (Fsp3) is 0.455. The van der Waals surface area contributed by atoms with Gasteiger partial charge in [0.05, 0.1) is 5.25 Å². The van der Waals surface area contributed by atoms with Crippen molar-refractivity contribution in [1.29, 1.82) is 0 Å². The molecule has 0 saturated carbocycles. The Labute approximate surface area is 104 Å². The van der Waals surface area contributed by atoms with Crippen LogP contribution < -0.4 is 10.5 Å². The van der Waals surface area contributed by atoms with Gasteiger partial charge < -0.3 is 5.32 Å². The lowest BCUT2D eigenvalue weighted by Gasteiger charge is -2.28. The molecule has 1 heterocycles. The molecular weight excluding hydrogens is 262 g/mol. The van der Waals surface area contributed by atoms with E-state index < -0.39 is 26.9 Å². The molecule has 100 valence electrons. The molecule has 0 spiro atoms. The quantitative estimate of drug-likeness (QED) is 0.848. The fourth-order valence-electron chi connectivity index (χ4n) is 2.12. The first-order chi connectivity index (χ1) is 8.38. The molecule has 0 bridgehead atoms. The van der Waals surface area contributed by atoms with Crippen LogP contribution in [-0.4, -0.2) is 20.2 Å². The van der Waals surface area contributed by atoms with Crippen LogP contribution in [0.4, 0.5) is 8.78 Å². The van der Waals surface area contributed by atoms with Gasteiger partial charge in [-0.3, -0.25) is 0 Å². The van der Waals surface area contributed by atoms with Gasteiger partial charge in [0.1, 0.15) is 0 Å². The zero-order valence-electron chi connectivity index (χ0n) is 9.57. The summed E-state index contributed by atoms with van der Waals surface area (Å²) in [4.78, 5) is 0. The van der Waals surface area contributed by atoms with Crippen molar-refractivity contribution >= 4 is 10.0 Å². The van der Waals surface area contributed by atoms with Gasteiger partial charge in [-0.1, -0.05) is 6.07 Å². The van der Waals surface area contributed by atoms with Crippen molar-refractivity contribution in [3.63, 3.8) is 0 Å². The summed E-state index contributed by atoms with van der Waals surface area (Å²) in [6, 6.07) is 3.52. The van der Waals surface area contributed by atoms with Gasteiger partial charge in [-0.2, -0.15) is 0 Å². The summed E-state index contributed by atoms with van der Waals surface area (Å²) >= 11 is 0. The number of halogens is 2. The van der Waals surface area contributed by atoms with Crippen LogP contribution in [0, 0.1) is 11.6 Å². The Morgan fingerprint density at radius 1 is 1.22 bits per heavy atom. The van der Waals surface area contributed by atoms with Crippen LogP contribution in [0.3, 0.4) is 0 Å². The van der Waals surface area contributed by atoms with Crippen LogP contribution in [0.15, 0.2) is 18.2 Å². The Bertz CT molecular complexity index is 540. The SMILES string of the molecule is NS(=O)(=O)C1CCC(c2ccc(F)c(F)c2)NC1. The largest absolute Gasteiger partial charge is 0.309 e. The Balaban J connectivity index is 2.08. The lowest BCUT2D eigenvalue weighted by molar-refractivity contribution is 0.405. The zero-order valence-corrected chi connectivity index (χ0v) is 10.4. The van der Waals surface area contributed by atoms with Crippen molar-refractivity contribution in [1.82, 2.24) is 5.32 Å². The first kappa shape index (κ1) is 13.4. The van der Waals surface area contributed by atoms with E-state index in [1.165, 1.54) is 6.07 Å². The monoisotopic (exact) mass is 276 g/mol. The third-order valence-electron chi connectivity index (χ3n) is 3.18. The first-order valence-electron chi connectivity index (χ1n) is 5.58. The first-order valence-corrected chi connectivity index (χ1v) is 7.19. The maximum Gasteiger partial charge on any atom is 0.213 e. The molecule has 2 rings (SSSR count). The standard InChI is InChI=1S/C11H14F2N2O2S/c12-9-3-1-7(5-10(9)13)11-4-2-8(6-15-11)18(14,16)17/h1,3,5,8,11,15H,2,4,6H2,(H2,14,16,17). The normalized spacial score (nSPS) is 25.1. The van der Waals surface area contributed by atoms with E-state index in [1.54, 1.807) is 0 Å². The summed E-state index contributed by atoms with van der Waals surface area (Å²) in [6.45, 7) is 0.225. The van der Waals surface area contributed by atoms with Crippen LogP contribution in [0.2, 0.25) is 0 Å². The summed E-state index contributed by atoms with van der Waals surface area (Å²) in [5.41, 5.74) is 0.613. The topological polar surface area (TPSA) is 72.2 Å². The van der Waals surface area contributed by atoms with Gasteiger partial charge in [-0.25, -0.2) is 22.3 Å². The number of primary sulfonamides is 1. The number of hydrogen-bond acceptors (Lipinski definition) is 3. The van der Waals surface area contributed by atoms with Crippen LogP contribution >= 0.6 is 0 Å². The van der Waals surface area contributed by atoms with E-state index in [-0.39, 0.29) is 12.6 Å². The van der Waals surface area contributed by atoms with Crippen molar-refractivity contribution in [3.05, 3.63) is 35.4 Å². The molecule has 1 fully saturated rings. The van der Waals surface area contributed by atoms with Gasteiger partial charge in [0.15, 0.2) is 11.6 Å². The minimum absolute atomic E-state index is 0.168. The van der Waals surface area contributed by atoms with Crippen LogP contribution in [0.1, 0.15) is 24.4 Å². The van der Waals surface area contributed by atoms with Gasteiger partial charge >= 0.3 is 0 Å². The lowest BCUT2D eigenvalue weighted by Crippen LogP contribution is -2.43. The van der Waals surface area contributed by atoms with Gasteiger partial charge in [-0.05, 0) is 30.5 Å². The average Bonchev–Trinajstić information content (AvgIpc) is 2.32. The van der Waals surface area contributed by atoms with Crippen molar-refractivity contribution in [2.24, 2.45) is 5.14 Å². The predicted molar refractivity (Wildman–Crippen MR) is 63.2 cm³/mol. The van der Waals surface area contributed by atoms with Gasteiger partial charge in [0.25, 0.3) is 0 Å². The highest BCUT2D eigenvalue weighted by molar-refractivity contribution is 7.89. The lowest BCUT2D eigenvalue weighted by atomic mass is 9.97. The Morgan fingerprint density at radius 3 is 2.44 bits per heavy atom. The third kappa shape index (κ3) is 2.85. The van der Waals surface area contributed by atoms with E-state index in [2.05, 4.69) is 5.32 Å². The van der Waals surface area contributed by atoms with Crippen LogP contribution in [-0.2, 0) is 10.0 Å². The van der Waals surface area contributed by atoms with Crippen molar-refractivity contribution in [2.45, 2.75) is 24.1 Å². The maximum absolute atomic E-state index is 13.1. The molecule has 0 aliphatic carbocycles. The van der Waals surface area contributed by atoms with Gasteiger partial charge in [-0.15, -0.1) is 0 Å². The summed E-state index contributed by atoms with van der Waals surface area (Å²) in [5.74, 6) is -1.79. The Morgan fingerprint density at radius 2 is 1.94 bits per heavy atom. The summed E-state index contributed by atoms with van der Waals surface area (Å²) in [7, 11) is -3.54. The number of nitrogens with one attached hydrogen (secondary N) is 1. The molecule has 1 aliphatic heterocycles. The van der Waals surface area contributed by atoms with E-state index in [0.29, 0.717) is 18.4 Å². The van der Waals surface area contributed by atoms with Crippen LogP contribution in [0.5, 0.6) is 0 Å². The highest BCUT2D eigenvalue weighted by Crippen LogP contribution is 2.26. The molecule has 2 atom stereocenters. The summed E-state index contributed by atoms with van der Waals surface area (Å²) < 4.78 is 48.2. The van der Waals surface area contributed by atoms with E-state index in [0.717, 1.165) is 12.1 Å². The molecular formula is C11H14F2N2O2S. The second-order valence-electron chi connectivity index (χ2n) is 4.42. The molecule has 2 unspecified atom stereocenters. The van der Waals surface area contributed by atoms with Crippen LogP contribution in [0.25, 0.3) is 0 Å². The second kappa shape index (κ2) is 4.91. The van der Waals surface area contributed by atoms with Crippen molar-refractivity contribution in [3.8, 4) is 0 Å². The smallest absolute Gasteiger partial charge is 0.213 e. The van der Waals surface area contributed by atoms with Crippen molar-refractivity contribution < 1.29 is 17.2 Å². The van der Waals surface area contributed by atoms with E-state index in [9.17, 15) is 17.2 Å². The number of sulfonamides is 1.